The standard InChI is InChI=1S/C37H37N3O2/c1-29(2)40(37(42)34-22-20-33(21-23-34)32-17-10-5-11-18-32)28-36(41)39(26-31-15-8-4-9-16-31)27-35-19-12-24-38(35)25-30-13-6-3-7-14-30/h3-24,29H,25-28H2,1-2H3. The van der Waals surface area contributed by atoms with Gasteiger partial charge in [0.1, 0.15) is 6.54 Å². The van der Waals surface area contributed by atoms with E-state index in [1.54, 1.807) is 4.90 Å². The number of aromatic nitrogens is 1. The van der Waals surface area contributed by atoms with Crippen molar-refractivity contribution in [1.29, 1.82) is 0 Å². The van der Waals surface area contributed by atoms with Crippen molar-refractivity contribution < 1.29 is 9.59 Å². The summed E-state index contributed by atoms with van der Waals surface area (Å²) in [6.45, 7) is 5.54. The summed E-state index contributed by atoms with van der Waals surface area (Å²) < 4.78 is 2.18. The van der Waals surface area contributed by atoms with Crippen molar-refractivity contribution in [2.75, 3.05) is 6.54 Å². The minimum atomic E-state index is -0.148. The monoisotopic (exact) mass is 555 g/mol. The van der Waals surface area contributed by atoms with Crippen LogP contribution in [0.3, 0.4) is 0 Å². The maximum atomic E-state index is 14.0. The predicted molar refractivity (Wildman–Crippen MR) is 169 cm³/mol. The van der Waals surface area contributed by atoms with Crippen molar-refractivity contribution in [3.8, 4) is 11.1 Å². The van der Waals surface area contributed by atoms with E-state index in [9.17, 15) is 9.59 Å². The van der Waals surface area contributed by atoms with Gasteiger partial charge in [0.25, 0.3) is 5.91 Å². The molecule has 0 fully saturated rings. The van der Waals surface area contributed by atoms with Gasteiger partial charge in [0.05, 0.1) is 6.54 Å². The number of rotatable bonds is 11. The summed E-state index contributed by atoms with van der Waals surface area (Å²) in [5.41, 5.74) is 6.01. The molecular formula is C37H37N3O2. The van der Waals surface area contributed by atoms with E-state index >= 15 is 0 Å². The summed E-state index contributed by atoms with van der Waals surface area (Å²) >= 11 is 0. The van der Waals surface area contributed by atoms with Crippen molar-refractivity contribution in [3.05, 3.63) is 156 Å². The zero-order valence-corrected chi connectivity index (χ0v) is 24.3. The van der Waals surface area contributed by atoms with Crippen LogP contribution in [0.5, 0.6) is 0 Å². The summed E-state index contributed by atoms with van der Waals surface area (Å²) in [6.07, 6.45) is 2.05. The minimum absolute atomic E-state index is 0.00314. The van der Waals surface area contributed by atoms with Crippen LogP contribution in [0.1, 0.15) is 41.0 Å². The Labute approximate surface area is 248 Å². The maximum absolute atomic E-state index is 14.0. The second-order valence-corrected chi connectivity index (χ2v) is 10.8. The van der Waals surface area contributed by atoms with Crippen molar-refractivity contribution in [3.63, 3.8) is 0 Å². The Kier molecular flexibility index (Phi) is 9.30. The van der Waals surface area contributed by atoms with Gasteiger partial charge in [-0.2, -0.15) is 0 Å². The molecule has 0 spiro atoms. The SMILES string of the molecule is CC(C)N(CC(=O)N(Cc1ccccc1)Cc1cccn1Cc1ccccc1)C(=O)c1ccc(-c2ccccc2)cc1. The van der Waals surface area contributed by atoms with Gasteiger partial charge in [-0.1, -0.05) is 103 Å². The Morgan fingerprint density at radius 1 is 0.643 bits per heavy atom. The lowest BCUT2D eigenvalue weighted by Gasteiger charge is -2.30. The maximum Gasteiger partial charge on any atom is 0.254 e. The molecular weight excluding hydrogens is 518 g/mol. The normalized spacial score (nSPS) is 10.9. The third kappa shape index (κ3) is 7.24. The third-order valence-corrected chi connectivity index (χ3v) is 7.47. The quantitative estimate of drug-likeness (QED) is 0.172. The highest BCUT2D eigenvalue weighted by Crippen LogP contribution is 2.21. The van der Waals surface area contributed by atoms with Crippen LogP contribution in [0.15, 0.2) is 134 Å². The van der Waals surface area contributed by atoms with E-state index in [2.05, 4.69) is 29.0 Å². The van der Waals surface area contributed by atoms with Crippen molar-refractivity contribution in [1.82, 2.24) is 14.4 Å². The molecule has 42 heavy (non-hydrogen) atoms. The molecule has 212 valence electrons. The molecule has 5 rings (SSSR count). The van der Waals surface area contributed by atoms with Crippen LogP contribution < -0.4 is 0 Å². The molecule has 0 N–H and O–H groups in total. The highest BCUT2D eigenvalue weighted by atomic mass is 16.2. The average molecular weight is 556 g/mol. The van der Waals surface area contributed by atoms with Gasteiger partial charge in [-0.25, -0.2) is 0 Å². The second-order valence-electron chi connectivity index (χ2n) is 10.8. The second kappa shape index (κ2) is 13.6. The lowest BCUT2D eigenvalue weighted by molar-refractivity contribution is -0.133. The molecule has 0 saturated carbocycles. The van der Waals surface area contributed by atoms with Crippen molar-refractivity contribution in [2.45, 2.75) is 39.5 Å². The molecule has 5 heteroatoms. The van der Waals surface area contributed by atoms with E-state index < -0.39 is 0 Å². The summed E-state index contributed by atoms with van der Waals surface area (Å²) in [4.78, 5) is 31.2. The smallest absolute Gasteiger partial charge is 0.254 e. The van der Waals surface area contributed by atoms with Gasteiger partial charge in [-0.05, 0) is 60.4 Å². The van der Waals surface area contributed by atoms with Gasteiger partial charge in [-0.15, -0.1) is 0 Å². The zero-order chi connectivity index (χ0) is 29.3. The molecule has 5 nitrogen and oxygen atoms in total. The molecule has 1 aromatic heterocycles. The molecule has 0 saturated heterocycles. The Morgan fingerprint density at radius 3 is 1.83 bits per heavy atom. The molecule has 5 aromatic rings. The largest absolute Gasteiger partial charge is 0.345 e. The number of carbonyl (C=O) groups excluding carboxylic acids is 2. The zero-order valence-electron chi connectivity index (χ0n) is 24.3. The molecule has 1 heterocycles. The van der Waals surface area contributed by atoms with Gasteiger partial charge in [0.15, 0.2) is 0 Å². The van der Waals surface area contributed by atoms with Crippen LogP contribution in [-0.2, 0) is 24.4 Å². The average Bonchev–Trinajstić information content (AvgIpc) is 3.46. The molecule has 0 radical (unpaired) electrons. The summed E-state index contributed by atoms with van der Waals surface area (Å²) in [6, 6.07) is 42.0. The molecule has 0 aliphatic heterocycles. The number of nitrogens with zero attached hydrogens (tertiary/aromatic N) is 3. The molecule has 0 aliphatic carbocycles. The van der Waals surface area contributed by atoms with E-state index in [1.807, 2.05) is 128 Å². The molecule has 0 bridgehead atoms. The van der Waals surface area contributed by atoms with E-state index in [-0.39, 0.29) is 24.4 Å². The highest BCUT2D eigenvalue weighted by Gasteiger charge is 2.25. The third-order valence-electron chi connectivity index (χ3n) is 7.47. The lowest BCUT2D eigenvalue weighted by Crippen LogP contribution is -2.45. The van der Waals surface area contributed by atoms with Gasteiger partial charge >= 0.3 is 0 Å². The first kappa shape index (κ1) is 28.6. The fourth-order valence-corrected chi connectivity index (χ4v) is 5.10. The van der Waals surface area contributed by atoms with Gasteiger partial charge < -0.3 is 14.4 Å². The number of benzene rings is 4. The topological polar surface area (TPSA) is 45.6 Å². The Morgan fingerprint density at radius 2 is 1.21 bits per heavy atom. The first-order valence-corrected chi connectivity index (χ1v) is 14.4. The summed E-state index contributed by atoms with van der Waals surface area (Å²) in [5.74, 6) is -0.237. The first-order chi connectivity index (χ1) is 20.5. The molecule has 0 atom stereocenters. The minimum Gasteiger partial charge on any atom is -0.345 e. The fraction of sp³-hybridized carbons (Fsp3) is 0.189. The molecule has 2 amide bonds. The Bertz CT molecular complexity index is 1580. The van der Waals surface area contributed by atoms with E-state index in [0.29, 0.717) is 18.7 Å². The van der Waals surface area contributed by atoms with Crippen molar-refractivity contribution >= 4 is 11.8 Å². The molecule has 4 aromatic carbocycles. The van der Waals surface area contributed by atoms with Crippen LogP contribution in [0.2, 0.25) is 0 Å². The van der Waals surface area contributed by atoms with Crippen LogP contribution in [0.25, 0.3) is 11.1 Å². The van der Waals surface area contributed by atoms with E-state index in [0.717, 1.165) is 28.9 Å². The van der Waals surface area contributed by atoms with Crippen LogP contribution >= 0.6 is 0 Å². The molecule has 0 aliphatic rings. The first-order valence-electron chi connectivity index (χ1n) is 14.4. The van der Waals surface area contributed by atoms with Crippen molar-refractivity contribution in [2.24, 2.45) is 0 Å². The van der Waals surface area contributed by atoms with Crippen LogP contribution in [0, 0.1) is 0 Å². The number of hydrogen-bond donors (Lipinski definition) is 0. The van der Waals surface area contributed by atoms with Crippen LogP contribution in [0.4, 0.5) is 0 Å². The predicted octanol–water partition coefficient (Wildman–Crippen LogP) is 7.28. The Balaban J connectivity index is 1.35. The molecule has 0 unspecified atom stereocenters. The fourth-order valence-electron chi connectivity index (χ4n) is 5.10. The van der Waals surface area contributed by atoms with E-state index in [1.165, 1.54) is 5.56 Å². The van der Waals surface area contributed by atoms with Crippen LogP contribution in [-0.4, -0.2) is 38.8 Å². The van der Waals surface area contributed by atoms with E-state index in [4.69, 9.17) is 0 Å². The summed E-state index contributed by atoms with van der Waals surface area (Å²) in [5, 5.41) is 0. The lowest BCUT2D eigenvalue weighted by atomic mass is 10.0. The van der Waals surface area contributed by atoms with Gasteiger partial charge in [-0.3, -0.25) is 9.59 Å². The highest BCUT2D eigenvalue weighted by molar-refractivity contribution is 5.97. The summed E-state index contributed by atoms with van der Waals surface area (Å²) in [7, 11) is 0. The van der Waals surface area contributed by atoms with Gasteiger partial charge in [0, 0.05) is 36.6 Å². The van der Waals surface area contributed by atoms with Gasteiger partial charge in [0.2, 0.25) is 5.91 Å². The Hall–Kier alpha value is -4.90. The number of carbonyl (C=O) groups is 2. The number of hydrogen-bond acceptors (Lipinski definition) is 2. The number of amides is 2.